The van der Waals surface area contributed by atoms with Gasteiger partial charge in [-0.2, -0.15) is 5.10 Å². The van der Waals surface area contributed by atoms with E-state index in [9.17, 15) is 9.59 Å². The van der Waals surface area contributed by atoms with E-state index >= 15 is 0 Å². The van der Waals surface area contributed by atoms with Crippen molar-refractivity contribution in [3.05, 3.63) is 18.0 Å². The Hall–Kier alpha value is -2.05. The van der Waals surface area contributed by atoms with Crippen molar-refractivity contribution in [2.24, 2.45) is 13.0 Å². The number of rotatable bonds is 4. The first-order valence-electron chi connectivity index (χ1n) is 8.19. The number of ether oxygens (including phenoxy) is 2. The highest BCUT2D eigenvalue weighted by molar-refractivity contribution is 5.77. The van der Waals surface area contributed by atoms with Gasteiger partial charge in [-0.1, -0.05) is 0 Å². The lowest BCUT2D eigenvalue weighted by atomic mass is 10.1. The smallest absolute Gasteiger partial charge is 0.409 e. The van der Waals surface area contributed by atoms with Gasteiger partial charge in [-0.3, -0.25) is 9.48 Å². The average molecular weight is 321 g/mol. The fraction of sp³-hybridized carbons (Fsp3) is 0.688. The maximum absolute atomic E-state index is 12.2. The summed E-state index contributed by atoms with van der Waals surface area (Å²) in [4.78, 5) is 25.5. The van der Waals surface area contributed by atoms with Crippen LogP contribution in [-0.2, 0) is 21.3 Å². The first-order chi connectivity index (χ1) is 11.1. The number of aryl methyl sites for hydroxylation is 1. The van der Waals surface area contributed by atoms with Crippen molar-refractivity contribution >= 4 is 12.1 Å². The third-order valence-corrected chi connectivity index (χ3v) is 4.50. The minimum atomic E-state index is -0.281. The van der Waals surface area contributed by atoms with E-state index in [0.29, 0.717) is 32.5 Å². The summed E-state index contributed by atoms with van der Waals surface area (Å²) in [5.74, 6) is 0.0894. The zero-order chi connectivity index (χ0) is 16.4. The molecular formula is C16H23N3O4. The zero-order valence-electron chi connectivity index (χ0n) is 13.6. The van der Waals surface area contributed by atoms with Crippen molar-refractivity contribution < 1.29 is 19.1 Å². The minimum absolute atomic E-state index is 0.0395. The van der Waals surface area contributed by atoms with Gasteiger partial charge < -0.3 is 14.4 Å². The fourth-order valence-electron chi connectivity index (χ4n) is 3.08. The van der Waals surface area contributed by atoms with Gasteiger partial charge in [0.15, 0.2) is 0 Å². The van der Waals surface area contributed by atoms with Crippen molar-refractivity contribution in [2.45, 2.75) is 38.2 Å². The topological polar surface area (TPSA) is 73.7 Å². The second-order valence-electron chi connectivity index (χ2n) is 6.22. The van der Waals surface area contributed by atoms with Crippen molar-refractivity contribution in [1.82, 2.24) is 14.7 Å². The molecule has 2 fully saturated rings. The van der Waals surface area contributed by atoms with Crippen LogP contribution in [-0.4, -0.2) is 52.5 Å². The highest BCUT2D eigenvalue weighted by Crippen LogP contribution is 2.48. The van der Waals surface area contributed by atoms with Crippen LogP contribution in [0.15, 0.2) is 12.4 Å². The Morgan fingerprint density at radius 2 is 2.09 bits per heavy atom. The van der Waals surface area contributed by atoms with Crippen molar-refractivity contribution in [2.75, 3.05) is 19.7 Å². The number of hydrogen-bond acceptors (Lipinski definition) is 5. The predicted octanol–water partition coefficient (Wildman–Crippen LogP) is 1.69. The van der Waals surface area contributed by atoms with E-state index in [0.717, 1.165) is 12.0 Å². The van der Waals surface area contributed by atoms with Gasteiger partial charge in [-0.05, 0) is 18.9 Å². The van der Waals surface area contributed by atoms with E-state index in [1.807, 2.05) is 19.4 Å². The SMILES string of the molecule is CCOC(=O)N1CCC(OC(=O)C2CC2c2cnn(C)c2)CC1. The highest BCUT2D eigenvalue weighted by atomic mass is 16.6. The van der Waals surface area contributed by atoms with Gasteiger partial charge in [0.2, 0.25) is 0 Å². The summed E-state index contributed by atoms with van der Waals surface area (Å²) in [6.07, 6.45) is 5.58. The van der Waals surface area contributed by atoms with Gasteiger partial charge in [-0.15, -0.1) is 0 Å². The molecule has 7 heteroatoms. The molecule has 2 aliphatic rings. The fourth-order valence-corrected chi connectivity index (χ4v) is 3.08. The van der Waals surface area contributed by atoms with E-state index in [1.165, 1.54) is 0 Å². The Kier molecular flexibility index (Phi) is 4.54. The molecule has 0 N–H and O–H groups in total. The maximum atomic E-state index is 12.2. The molecule has 2 atom stereocenters. The zero-order valence-corrected chi connectivity index (χ0v) is 13.6. The Morgan fingerprint density at radius 3 is 2.70 bits per heavy atom. The lowest BCUT2D eigenvalue weighted by Crippen LogP contribution is -2.41. The molecule has 2 unspecified atom stereocenters. The highest BCUT2D eigenvalue weighted by Gasteiger charge is 2.46. The van der Waals surface area contributed by atoms with E-state index in [2.05, 4.69) is 5.10 Å². The number of nitrogens with zero attached hydrogens (tertiary/aromatic N) is 3. The van der Waals surface area contributed by atoms with Crippen LogP contribution in [0, 0.1) is 5.92 Å². The summed E-state index contributed by atoms with van der Waals surface area (Å²) in [5.41, 5.74) is 1.10. The summed E-state index contributed by atoms with van der Waals surface area (Å²) >= 11 is 0. The predicted molar refractivity (Wildman–Crippen MR) is 81.8 cm³/mol. The van der Waals surface area contributed by atoms with E-state index in [-0.39, 0.29) is 30.0 Å². The lowest BCUT2D eigenvalue weighted by molar-refractivity contribution is -0.152. The first-order valence-corrected chi connectivity index (χ1v) is 8.19. The lowest BCUT2D eigenvalue weighted by Gasteiger charge is -2.30. The molecule has 3 rings (SSSR count). The molecule has 1 aromatic rings. The molecule has 1 aromatic heterocycles. The number of esters is 1. The molecule has 1 aliphatic heterocycles. The third kappa shape index (κ3) is 3.65. The molecule has 0 radical (unpaired) electrons. The normalized spacial score (nSPS) is 24.3. The summed E-state index contributed by atoms with van der Waals surface area (Å²) in [5, 5.41) is 4.14. The minimum Gasteiger partial charge on any atom is -0.462 e. The Bertz CT molecular complexity index is 578. The molecule has 0 spiro atoms. The van der Waals surface area contributed by atoms with Crippen LogP contribution >= 0.6 is 0 Å². The molecule has 2 heterocycles. The molecule has 23 heavy (non-hydrogen) atoms. The van der Waals surface area contributed by atoms with Crippen LogP contribution in [0.1, 0.15) is 37.7 Å². The molecule has 126 valence electrons. The second kappa shape index (κ2) is 6.60. The quantitative estimate of drug-likeness (QED) is 0.789. The van der Waals surface area contributed by atoms with E-state index < -0.39 is 0 Å². The van der Waals surface area contributed by atoms with Crippen molar-refractivity contribution in [3.8, 4) is 0 Å². The number of carbonyl (C=O) groups excluding carboxylic acids is 2. The van der Waals surface area contributed by atoms with Gasteiger partial charge in [-0.25, -0.2) is 4.79 Å². The number of piperidine rings is 1. The first kappa shape index (κ1) is 15.8. The molecule has 0 bridgehead atoms. The van der Waals surface area contributed by atoms with Crippen molar-refractivity contribution in [3.63, 3.8) is 0 Å². The Morgan fingerprint density at radius 1 is 1.35 bits per heavy atom. The van der Waals surface area contributed by atoms with Crippen LogP contribution in [0.2, 0.25) is 0 Å². The van der Waals surface area contributed by atoms with Gasteiger partial charge in [0.1, 0.15) is 6.10 Å². The van der Waals surface area contributed by atoms with E-state index in [4.69, 9.17) is 9.47 Å². The molecule has 1 amide bonds. The van der Waals surface area contributed by atoms with Crippen LogP contribution in [0.4, 0.5) is 4.79 Å². The van der Waals surface area contributed by atoms with E-state index in [1.54, 1.807) is 16.5 Å². The Labute approximate surface area is 135 Å². The second-order valence-corrected chi connectivity index (χ2v) is 6.22. The summed E-state index contributed by atoms with van der Waals surface area (Å²) in [6.45, 7) is 3.33. The largest absolute Gasteiger partial charge is 0.462 e. The average Bonchev–Trinajstić information content (AvgIpc) is 3.23. The van der Waals surface area contributed by atoms with Crippen molar-refractivity contribution in [1.29, 1.82) is 0 Å². The molecular weight excluding hydrogens is 298 g/mol. The van der Waals surface area contributed by atoms with Crippen LogP contribution in [0.3, 0.4) is 0 Å². The summed E-state index contributed by atoms with van der Waals surface area (Å²) in [7, 11) is 1.87. The molecule has 1 saturated carbocycles. The monoisotopic (exact) mass is 321 g/mol. The molecule has 1 saturated heterocycles. The van der Waals surface area contributed by atoms with Crippen LogP contribution in [0.5, 0.6) is 0 Å². The molecule has 0 aromatic carbocycles. The third-order valence-electron chi connectivity index (χ3n) is 4.50. The number of hydrogen-bond donors (Lipinski definition) is 0. The summed E-state index contributed by atoms with van der Waals surface area (Å²) in [6, 6.07) is 0. The summed E-state index contributed by atoms with van der Waals surface area (Å²) < 4.78 is 12.4. The van der Waals surface area contributed by atoms with Gasteiger partial charge in [0.25, 0.3) is 0 Å². The number of likely N-dealkylation sites (tertiary alicyclic amines) is 1. The number of aromatic nitrogens is 2. The van der Waals surface area contributed by atoms with Crippen LogP contribution < -0.4 is 0 Å². The number of amides is 1. The molecule has 7 nitrogen and oxygen atoms in total. The van der Waals surface area contributed by atoms with Gasteiger partial charge >= 0.3 is 12.1 Å². The Balaban J connectivity index is 1.43. The van der Waals surface area contributed by atoms with Crippen LogP contribution in [0.25, 0.3) is 0 Å². The molecule has 1 aliphatic carbocycles. The maximum Gasteiger partial charge on any atom is 0.409 e. The van der Waals surface area contributed by atoms with Gasteiger partial charge in [0, 0.05) is 45.1 Å². The number of carbonyl (C=O) groups is 2. The standard InChI is InChI=1S/C16H23N3O4/c1-3-22-16(21)19-6-4-12(5-7-19)23-15(20)14-8-13(14)11-9-17-18(2)10-11/h9-10,12-14H,3-8H2,1-2H3. The van der Waals surface area contributed by atoms with Gasteiger partial charge in [0.05, 0.1) is 18.7 Å².